The van der Waals surface area contributed by atoms with E-state index in [0.29, 0.717) is 17.1 Å². The lowest BCUT2D eigenvalue weighted by molar-refractivity contribution is 0.102. The van der Waals surface area contributed by atoms with Gasteiger partial charge in [-0.3, -0.25) is 4.79 Å². The number of ether oxygens (including phenoxy) is 1. The number of pyridine rings is 1. The number of nitrogens with one attached hydrogen (secondary N) is 2. The second kappa shape index (κ2) is 5.98. The van der Waals surface area contributed by atoms with E-state index < -0.39 is 5.82 Å². The first kappa shape index (κ1) is 13.8. The van der Waals surface area contributed by atoms with Crippen molar-refractivity contribution in [1.82, 2.24) is 4.98 Å². The van der Waals surface area contributed by atoms with Crippen molar-refractivity contribution in [2.45, 2.75) is 0 Å². The van der Waals surface area contributed by atoms with Crippen molar-refractivity contribution in [2.75, 3.05) is 17.9 Å². The predicted molar refractivity (Wildman–Crippen MR) is 73.0 cm³/mol. The zero-order valence-corrected chi connectivity index (χ0v) is 10.7. The molecule has 4 N–H and O–H groups in total. The SMILES string of the molecule is COc1cc(NC(=O)c2ccc(NN)nc2)ccc1F. The molecule has 7 heteroatoms. The number of methoxy groups -OCH3 is 1. The number of nitrogens with zero attached hydrogens (tertiary/aromatic N) is 1. The minimum Gasteiger partial charge on any atom is -0.494 e. The summed E-state index contributed by atoms with van der Waals surface area (Å²) in [6, 6.07) is 7.20. The Morgan fingerprint density at radius 3 is 2.75 bits per heavy atom. The molecule has 0 radical (unpaired) electrons. The van der Waals surface area contributed by atoms with Gasteiger partial charge in [-0.05, 0) is 24.3 Å². The second-order valence-corrected chi connectivity index (χ2v) is 3.88. The maximum atomic E-state index is 13.2. The van der Waals surface area contributed by atoms with E-state index in [1.807, 2.05) is 0 Å². The van der Waals surface area contributed by atoms with Crippen LogP contribution in [-0.2, 0) is 0 Å². The van der Waals surface area contributed by atoms with Gasteiger partial charge >= 0.3 is 0 Å². The fourth-order valence-electron chi connectivity index (χ4n) is 1.55. The number of hydrazine groups is 1. The van der Waals surface area contributed by atoms with Crippen LogP contribution < -0.4 is 21.3 Å². The van der Waals surface area contributed by atoms with E-state index >= 15 is 0 Å². The summed E-state index contributed by atoms with van der Waals surface area (Å²) < 4.78 is 18.1. The summed E-state index contributed by atoms with van der Waals surface area (Å²) >= 11 is 0. The van der Waals surface area contributed by atoms with Gasteiger partial charge in [0, 0.05) is 18.0 Å². The van der Waals surface area contributed by atoms with Gasteiger partial charge in [-0.25, -0.2) is 15.2 Å². The van der Waals surface area contributed by atoms with Gasteiger partial charge in [-0.1, -0.05) is 0 Å². The molecule has 1 amide bonds. The summed E-state index contributed by atoms with van der Waals surface area (Å²) in [6.45, 7) is 0. The molecule has 0 unspecified atom stereocenters. The third-order valence-corrected chi connectivity index (χ3v) is 2.58. The van der Waals surface area contributed by atoms with Crippen LogP contribution in [-0.4, -0.2) is 18.0 Å². The van der Waals surface area contributed by atoms with Crippen LogP contribution >= 0.6 is 0 Å². The van der Waals surface area contributed by atoms with Crippen LogP contribution in [0.5, 0.6) is 5.75 Å². The molecular weight excluding hydrogens is 263 g/mol. The van der Waals surface area contributed by atoms with Gasteiger partial charge in [0.1, 0.15) is 5.82 Å². The fourth-order valence-corrected chi connectivity index (χ4v) is 1.55. The van der Waals surface area contributed by atoms with Crippen molar-refractivity contribution >= 4 is 17.4 Å². The molecule has 0 saturated heterocycles. The Balaban J connectivity index is 2.14. The smallest absolute Gasteiger partial charge is 0.257 e. The highest BCUT2D eigenvalue weighted by atomic mass is 19.1. The molecule has 0 aliphatic heterocycles. The Morgan fingerprint density at radius 1 is 1.35 bits per heavy atom. The molecule has 104 valence electrons. The molecule has 0 fully saturated rings. The summed E-state index contributed by atoms with van der Waals surface area (Å²) in [7, 11) is 1.35. The highest BCUT2D eigenvalue weighted by molar-refractivity contribution is 6.04. The monoisotopic (exact) mass is 276 g/mol. The van der Waals surface area contributed by atoms with Crippen LogP contribution in [0.4, 0.5) is 15.9 Å². The number of benzene rings is 1. The van der Waals surface area contributed by atoms with Crippen molar-refractivity contribution in [3.63, 3.8) is 0 Å². The molecule has 1 heterocycles. The number of nitrogen functional groups attached to an aromatic ring is 1. The lowest BCUT2D eigenvalue weighted by atomic mass is 10.2. The summed E-state index contributed by atoms with van der Waals surface area (Å²) in [5, 5.41) is 2.62. The van der Waals surface area contributed by atoms with E-state index in [1.54, 1.807) is 12.1 Å². The molecule has 0 spiro atoms. The van der Waals surface area contributed by atoms with Gasteiger partial charge in [0.15, 0.2) is 11.6 Å². The molecule has 1 aromatic heterocycles. The zero-order chi connectivity index (χ0) is 14.5. The number of rotatable bonds is 4. The molecule has 2 aromatic rings. The van der Waals surface area contributed by atoms with Crippen LogP contribution in [0.25, 0.3) is 0 Å². The molecule has 1 aromatic carbocycles. The summed E-state index contributed by atoms with van der Waals surface area (Å²) in [6.07, 6.45) is 1.38. The average molecular weight is 276 g/mol. The lowest BCUT2D eigenvalue weighted by Gasteiger charge is -2.08. The number of halogens is 1. The lowest BCUT2D eigenvalue weighted by Crippen LogP contribution is -2.13. The van der Waals surface area contributed by atoms with Crippen LogP contribution in [0, 0.1) is 5.82 Å². The third kappa shape index (κ3) is 3.01. The van der Waals surface area contributed by atoms with Gasteiger partial charge in [0.2, 0.25) is 0 Å². The van der Waals surface area contributed by atoms with Gasteiger partial charge in [-0.2, -0.15) is 0 Å². The van der Waals surface area contributed by atoms with E-state index in [0.717, 1.165) is 0 Å². The quantitative estimate of drug-likeness (QED) is 0.585. The van der Waals surface area contributed by atoms with Crippen molar-refractivity contribution in [2.24, 2.45) is 5.84 Å². The van der Waals surface area contributed by atoms with E-state index in [2.05, 4.69) is 15.7 Å². The molecule has 0 aliphatic rings. The van der Waals surface area contributed by atoms with Crippen molar-refractivity contribution in [3.05, 3.63) is 47.9 Å². The summed E-state index contributed by atoms with van der Waals surface area (Å²) in [5.74, 6) is 4.83. The van der Waals surface area contributed by atoms with Crippen LogP contribution in [0.2, 0.25) is 0 Å². The number of amides is 1. The van der Waals surface area contributed by atoms with Gasteiger partial charge < -0.3 is 15.5 Å². The minimum absolute atomic E-state index is 0.0589. The van der Waals surface area contributed by atoms with Crippen molar-refractivity contribution in [3.8, 4) is 5.75 Å². The maximum Gasteiger partial charge on any atom is 0.257 e. The first-order valence-electron chi connectivity index (χ1n) is 5.71. The number of carbonyl (C=O) groups is 1. The Bertz CT molecular complexity index is 616. The van der Waals surface area contributed by atoms with Gasteiger partial charge in [-0.15, -0.1) is 0 Å². The number of anilines is 2. The second-order valence-electron chi connectivity index (χ2n) is 3.88. The summed E-state index contributed by atoms with van der Waals surface area (Å²) in [5.41, 5.74) is 3.14. The highest BCUT2D eigenvalue weighted by Crippen LogP contribution is 2.21. The molecule has 0 atom stereocenters. The van der Waals surface area contributed by atoms with E-state index in [-0.39, 0.29) is 11.7 Å². The maximum absolute atomic E-state index is 13.2. The largest absolute Gasteiger partial charge is 0.494 e. The van der Waals surface area contributed by atoms with Crippen molar-refractivity contribution in [1.29, 1.82) is 0 Å². The van der Waals surface area contributed by atoms with Crippen LogP contribution in [0.3, 0.4) is 0 Å². The number of nitrogens with two attached hydrogens (primary N) is 1. The number of hydrogen-bond acceptors (Lipinski definition) is 5. The first-order chi connectivity index (χ1) is 9.63. The summed E-state index contributed by atoms with van der Waals surface area (Å²) in [4.78, 5) is 15.9. The van der Waals surface area contributed by atoms with Gasteiger partial charge in [0.05, 0.1) is 12.7 Å². The van der Waals surface area contributed by atoms with Crippen LogP contribution in [0.1, 0.15) is 10.4 Å². The Kier molecular flexibility index (Phi) is 4.11. The van der Waals surface area contributed by atoms with Crippen LogP contribution in [0.15, 0.2) is 36.5 Å². The normalized spacial score (nSPS) is 9.95. The number of carbonyl (C=O) groups excluding carboxylic acids is 1. The van der Waals surface area contributed by atoms with Crippen molar-refractivity contribution < 1.29 is 13.9 Å². The predicted octanol–water partition coefficient (Wildman–Crippen LogP) is 1.77. The number of hydrogen-bond donors (Lipinski definition) is 3. The average Bonchev–Trinajstić information content (AvgIpc) is 2.49. The highest BCUT2D eigenvalue weighted by Gasteiger charge is 2.09. The molecule has 20 heavy (non-hydrogen) atoms. The zero-order valence-electron chi connectivity index (χ0n) is 10.7. The first-order valence-corrected chi connectivity index (χ1v) is 5.71. The molecular formula is C13H13FN4O2. The molecule has 2 rings (SSSR count). The standard InChI is InChI=1S/C13H13FN4O2/c1-20-11-6-9(3-4-10(11)14)17-13(19)8-2-5-12(18-15)16-7-8/h2-7H,15H2,1H3,(H,16,18)(H,17,19). The fraction of sp³-hybridized carbons (Fsp3) is 0.0769. The Hall–Kier alpha value is -2.67. The van der Waals surface area contributed by atoms with E-state index in [1.165, 1.54) is 31.5 Å². The Labute approximate surface area is 114 Å². The molecule has 0 aliphatic carbocycles. The minimum atomic E-state index is -0.495. The van der Waals surface area contributed by atoms with E-state index in [4.69, 9.17) is 10.6 Å². The molecule has 0 saturated carbocycles. The topological polar surface area (TPSA) is 89.3 Å². The van der Waals surface area contributed by atoms with E-state index in [9.17, 15) is 9.18 Å². The number of aromatic nitrogens is 1. The van der Waals surface area contributed by atoms with Gasteiger partial charge in [0.25, 0.3) is 5.91 Å². The molecule has 0 bridgehead atoms. The Morgan fingerprint density at radius 2 is 2.15 bits per heavy atom. The third-order valence-electron chi connectivity index (χ3n) is 2.58. The molecule has 6 nitrogen and oxygen atoms in total.